The van der Waals surface area contributed by atoms with Crippen LogP contribution in [0.15, 0.2) is 54.7 Å². The third-order valence-electron chi connectivity index (χ3n) is 5.39. The molecule has 1 aromatic heterocycles. The number of carbonyl (C=O) groups excluding carboxylic acids is 1. The van der Waals surface area contributed by atoms with Gasteiger partial charge in [-0.3, -0.25) is 4.79 Å². The lowest BCUT2D eigenvalue weighted by atomic mass is 10.1. The molecule has 0 fully saturated rings. The molecule has 0 saturated carbocycles. The minimum atomic E-state index is -0.0642. The standard InChI is InChI=1S/C25H25N3O3/c1-2-27(18-20-7-5-10-23-25(20)31-16-15-30-23)24(29)12-11-19-17-28(14-6-13-26)22-9-4-3-8-21(19)22/h3-5,7-12,17H,2,6,14-16,18H2,1H3/b12-11+. The van der Waals surface area contributed by atoms with Gasteiger partial charge in [0.2, 0.25) is 5.91 Å². The molecule has 6 heteroatoms. The van der Waals surface area contributed by atoms with Crippen LogP contribution in [0, 0.1) is 11.3 Å². The maximum atomic E-state index is 13.0. The Balaban J connectivity index is 1.54. The van der Waals surface area contributed by atoms with Gasteiger partial charge in [-0.05, 0) is 25.1 Å². The van der Waals surface area contributed by atoms with E-state index in [1.165, 1.54) is 0 Å². The summed E-state index contributed by atoms with van der Waals surface area (Å²) in [7, 11) is 0. The summed E-state index contributed by atoms with van der Waals surface area (Å²) in [6, 6.07) is 16.0. The predicted molar refractivity (Wildman–Crippen MR) is 120 cm³/mol. The average molecular weight is 415 g/mol. The quantitative estimate of drug-likeness (QED) is 0.537. The number of fused-ring (bicyclic) bond motifs is 2. The zero-order valence-electron chi connectivity index (χ0n) is 17.6. The van der Waals surface area contributed by atoms with E-state index in [1.807, 2.05) is 61.7 Å². The number of amides is 1. The lowest BCUT2D eigenvalue weighted by Crippen LogP contribution is -2.29. The van der Waals surface area contributed by atoms with Crippen molar-refractivity contribution in [3.63, 3.8) is 0 Å². The SMILES string of the molecule is CCN(Cc1cccc2c1OCCO2)C(=O)/C=C/c1cn(CCC#N)c2ccccc12. The summed E-state index contributed by atoms with van der Waals surface area (Å²) in [5.41, 5.74) is 2.96. The molecule has 31 heavy (non-hydrogen) atoms. The maximum Gasteiger partial charge on any atom is 0.246 e. The van der Waals surface area contributed by atoms with Gasteiger partial charge in [0, 0.05) is 53.9 Å². The molecule has 0 N–H and O–H groups in total. The number of likely N-dealkylation sites (N-methyl/N-ethyl adjacent to an activating group) is 1. The Kier molecular flexibility index (Phi) is 6.23. The van der Waals surface area contributed by atoms with Crippen molar-refractivity contribution in [1.82, 2.24) is 9.47 Å². The molecule has 1 aliphatic heterocycles. The van der Waals surface area contributed by atoms with Crippen LogP contribution < -0.4 is 9.47 Å². The molecule has 2 aromatic carbocycles. The van der Waals surface area contributed by atoms with Crippen LogP contribution in [-0.2, 0) is 17.9 Å². The fraction of sp³-hybridized carbons (Fsp3) is 0.280. The summed E-state index contributed by atoms with van der Waals surface area (Å²) in [5.74, 6) is 1.39. The molecule has 3 aromatic rings. The van der Waals surface area contributed by atoms with E-state index in [-0.39, 0.29) is 5.91 Å². The first-order valence-corrected chi connectivity index (χ1v) is 10.5. The van der Waals surface area contributed by atoms with Crippen molar-refractivity contribution < 1.29 is 14.3 Å². The first-order valence-electron chi connectivity index (χ1n) is 10.5. The van der Waals surface area contributed by atoms with E-state index in [9.17, 15) is 4.79 Å². The number of aromatic nitrogens is 1. The number of nitriles is 1. The number of aryl methyl sites for hydroxylation is 1. The van der Waals surface area contributed by atoms with E-state index in [4.69, 9.17) is 14.7 Å². The zero-order chi connectivity index (χ0) is 21.6. The molecule has 0 radical (unpaired) electrons. The van der Waals surface area contributed by atoms with E-state index < -0.39 is 0 Å². The molecule has 0 atom stereocenters. The molecular weight excluding hydrogens is 390 g/mol. The van der Waals surface area contributed by atoms with Gasteiger partial charge in [0.25, 0.3) is 0 Å². The van der Waals surface area contributed by atoms with Gasteiger partial charge in [-0.2, -0.15) is 5.26 Å². The highest BCUT2D eigenvalue weighted by atomic mass is 16.6. The van der Waals surface area contributed by atoms with Crippen molar-refractivity contribution in [2.75, 3.05) is 19.8 Å². The molecule has 1 amide bonds. The maximum absolute atomic E-state index is 13.0. The van der Waals surface area contributed by atoms with Crippen molar-refractivity contribution in [3.05, 3.63) is 65.9 Å². The highest BCUT2D eigenvalue weighted by molar-refractivity contribution is 5.96. The monoisotopic (exact) mass is 415 g/mol. The lowest BCUT2D eigenvalue weighted by Gasteiger charge is -2.24. The molecule has 0 spiro atoms. The summed E-state index contributed by atoms with van der Waals surface area (Å²) in [6.45, 7) is 4.68. The van der Waals surface area contributed by atoms with Gasteiger partial charge in [0.15, 0.2) is 11.5 Å². The number of hydrogen-bond acceptors (Lipinski definition) is 4. The smallest absolute Gasteiger partial charge is 0.246 e. The van der Waals surface area contributed by atoms with Crippen molar-refractivity contribution in [2.24, 2.45) is 0 Å². The number of ether oxygens (including phenoxy) is 2. The normalized spacial score (nSPS) is 12.8. The van der Waals surface area contributed by atoms with Crippen LogP contribution in [0.1, 0.15) is 24.5 Å². The third kappa shape index (κ3) is 4.41. The first kappa shape index (κ1) is 20.5. The van der Waals surface area contributed by atoms with E-state index in [1.54, 1.807) is 11.0 Å². The number of nitrogens with zero attached hydrogens (tertiary/aromatic N) is 3. The molecule has 0 saturated heterocycles. The van der Waals surface area contributed by atoms with Crippen LogP contribution in [0.4, 0.5) is 0 Å². The topological polar surface area (TPSA) is 67.5 Å². The molecule has 1 aliphatic rings. The van der Waals surface area contributed by atoms with Crippen LogP contribution in [0.3, 0.4) is 0 Å². The highest BCUT2D eigenvalue weighted by Gasteiger charge is 2.18. The van der Waals surface area contributed by atoms with Gasteiger partial charge >= 0.3 is 0 Å². The Morgan fingerprint density at radius 3 is 2.87 bits per heavy atom. The largest absolute Gasteiger partial charge is 0.486 e. The van der Waals surface area contributed by atoms with Gasteiger partial charge in [-0.25, -0.2) is 0 Å². The summed E-state index contributed by atoms with van der Waals surface area (Å²) in [4.78, 5) is 14.7. The Bertz CT molecular complexity index is 1160. The molecule has 4 rings (SSSR count). The van der Waals surface area contributed by atoms with Crippen LogP contribution in [-0.4, -0.2) is 35.1 Å². The van der Waals surface area contributed by atoms with Gasteiger partial charge in [0.1, 0.15) is 13.2 Å². The Morgan fingerprint density at radius 2 is 2.03 bits per heavy atom. The molecule has 158 valence electrons. The fourth-order valence-electron chi connectivity index (χ4n) is 3.84. The predicted octanol–water partition coefficient (Wildman–Crippen LogP) is 4.39. The van der Waals surface area contributed by atoms with E-state index in [0.717, 1.165) is 33.5 Å². The summed E-state index contributed by atoms with van der Waals surface area (Å²) < 4.78 is 13.5. The van der Waals surface area contributed by atoms with Crippen LogP contribution >= 0.6 is 0 Å². The van der Waals surface area contributed by atoms with E-state index >= 15 is 0 Å². The molecule has 0 aliphatic carbocycles. The van der Waals surface area contributed by atoms with Gasteiger partial charge in [-0.15, -0.1) is 0 Å². The van der Waals surface area contributed by atoms with Crippen molar-refractivity contribution in [1.29, 1.82) is 5.26 Å². The molecule has 0 unspecified atom stereocenters. The molecule has 2 heterocycles. The Hall–Kier alpha value is -3.72. The fourth-order valence-corrected chi connectivity index (χ4v) is 3.84. The van der Waals surface area contributed by atoms with Gasteiger partial charge in [0.05, 0.1) is 12.5 Å². The number of carbonyl (C=O) groups is 1. The van der Waals surface area contributed by atoms with E-state index in [2.05, 4.69) is 10.6 Å². The second kappa shape index (κ2) is 9.40. The third-order valence-corrected chi connectivity index (χ3v) is 5.39. The molecule has 0 bridgehead atoms. The van der Waals surface area contributed by atoms with Gasteiger partial charge in [-0.1, -0.05) is 30.3 Å². The Morgan fingerprint density at radius 1 is 1.19 bits per heavy atom. The number of para-hydroxylation sites is 2. The second-order valence-electron chi connectivity index (χ2n) is 7.33. The van der Waals surface area contributed by atoms with Crippen molar-refractivity contribution >= 4 is 22.9 Å². The van der Waals surface area contributed by atoms with Crippen LogP contribution in [0.25, 0.3) is 17.0 Å². The number of rotatable bonds is 7. The van der Waals surface area contributed by atoms with Crippen LogP contribution in [0.5, 0.6) is 11.5 Å². The second-order valence-corrected chi connectivity index (χ2v) is 7.33. The minimum Gasteiger partial charge on any atom is -0.486 e. The summed E-state index contributed by atoms with van der Waals surface area (Å²) in [5, 5.41) is 9.99. The molecule has 6 nitrogen and oxygen atoms in total. The zero-order valence-corrected chi connectivity index (χ0v) is 17.6. The summed E-state index contributed by atoms with van der Waals surface area (Å²) in [6.07, 6.45) is 5.92. The minimum absolute atomic E-state index is 0.0642. The van der Waals surface area contributed by atoms with Crippen LogP contribution in [0.2, 0.25) is 0 Å². The Labute approximate surface area is 181 Å². The van der Waals surface area contributed by atoms with Crippen molar-refractivity contribution in [3.8, 4) is 17.6 Å². The lowest BCUT2D eigenvalue weighted by molar-refractivity contribution is -0.126. The highest BCUT2D eigenvalue weighted by Crippen LogP contribution is 2.34. The van der Waals surface area contributed by atoms with E-state index in [0.29, 0.717) is 39.3 Å². The van der Waals surface area contributed by atoms with Crippen molar-refractivity contribution in [2.45, 2.75) is 26.4 Å². The first-order chi connectivity index (χ1) is 15.2. The summed E-state index contributed by atoms with van der Waals surface area (Å²) >= 11 is 0. The van der Waals surface area contributed by atoms with Gasteiger partial charge < -0.3 is 18.9 Å². The average Bonchev–Trinajstić information content (AvgIpc) is 3.17. The molecular formula is C25H25N3O3. The number of hydrogen-bond donors (Lipinski definition) is 0. The number of benzene rings is 2.